The average Bonchev–Trinajstić information content (AvgIpc) is 2.38. The Hall–Kier alpha value is -1.75. The van der Waals surface area contributed by atoms with E-state index in [1.807, 2.05) is 11.1 Å². The number of likely N-dealkylation sites (N-methyl/N-ethyl adjacent to an activating group) is 1. The SMILES string of the molecule is COc1ccc(/C=N/N2CCN(C)CC2)cc1O. The van der Waals surface area contributed by atoms with Crippen molar-refractivity contribution in [2.45, 2.75) is 0 Å². The lowest BCUT2D eigenvalue weighted by Crippen LogP contribution is -2.41. The number of hydrogen-bond acceptors (Lipinski definition) is 5. The number of ether oxygens (including phenoxy) is 1. The second kappa shape index (κ2) is 5.73. The van der Waals surface area contributed by atoms with Gasteiger partial charge in [-0.25, -0.2) is 0 Å². The molecule has 0 aliphatic carbocycles. The molecule has 1 heterocycles. The van der Waals surface area contributed by atoms with Gasteiger partial charge in [-0.3, -0.25) is 5.01 Å². The quantitative estimate of drug-likeness (QED) is 0.811. The number of methoxy groups -OCH3 is 1. The standard InChI is InChI=1S/C13H19N3O2/c1-15-5-7-16(8-6-15)14-10-11-3-4-13(18-2)12(17)9-11/h3-4,9-10,17H,5-8H2,1-2H3/b14-10+. The van der Waals surface area contributed by atoms with Crippen LogP contribution in [0.25, 0.3) is 0 Å². The van der Waals surface area contributed by atoms with E-state index in [4.69, 9.17) is 4.74 Å². The number of hydrogen-bond donors (Lipinski definition) is 1. The Morgan fingerprint density at radius 2 is 2.00 bits per heavy atom. The molecule has 0 saturated carbocycles. The molecule has 1 fully saturated rings. The summed E-state index contributed by atoms with van der Waals surface area (Å²) in [6.07, 6.45) is 1.77. The Bertz CT molecular complexity index is 426. The van der Waals surface area contributed by atoms with Crippen LogP contribution in [0.3, 0.4) is 0 Å². The summed E-state index contributed by atoms with van der Waals surface area (Å²) < 4.78 is 5.00. The van der Waals surface area contributed by atoms with E-state index in [2.05, 4.69) is 17.0 Å². The van der Waals surface area contributed by atoms with Gasteiger partial charge < -0.3 is 14.7 Å². The maximum atomic E-state index is 9.66. The predicted octanol–water partition coefficient (Wildman–Crippen LogP) is 0.982. The van der Waals surface area contributed by atoms with Crippen molar-refractivity contribution in [3.63, 3.8) is 0 Å². The van der Waals surface area contributed by atoms with Crippen molar-refractivity contribution < 1.29 is 9.84 Å². The van der Waals surface area contributed by atoms with Crippen molar-refractivity contribution in [3.05, 3.63) is 23.8 Å². The van der Waals surface area contributed by atoms with Gasteiger partial charge in [0.05, 0.1) is 13.3 Å². The Morgan fingerprint density at radius 1 is 1.28 bits per heavy atom. The van der Waals surface area contributed by atoms with Crippen molar-refractivity contribution >= 4 is 6.21 Å². The van der Waals surface area contributed by atoms with Crippen LogP contribution in [-0.4, -0.2) is 61.6 Å². The van der Waals surface area contributed by atoms with Gasteiger partial charge in [0.25, 0.3) is 0 Å². The van der Waals surface area contributed by atoms with E-state index >= 15 is 0 Å². The van der Waals surface area contributed by atoms with E-state index in [-0.39, 0.29) is 5.75 Å². The van der Waals surface area contributed by atoms with Crippen LogP contribution in [-0.2, 0) is 0 Å². The number of hydrazone groups is 1. The van der Waals surface area contributed by atoms with Crippen molar-refractivity contribution in [1.29, 1.82) is 0 Å². The summed E-state index contributed by atoms with van der Waals surface area (Å²) in [6.45, 7) is 3.95. The molecule has 2 rings (SSSR count). The summed E-state index contributed by atoms with van der Waals surface area (Å²) in [4.78, 5) is 2.28. The largest absolute Gasteiger partial charge is 0.504 e. The van der Waals surface area contributed by atoms with Crippen molar-refractivity contribution in [2.24, 2.45) is 5.10 Å². The fourth-order valence-electron chi connectivity index (χ4n) is 1.85. The maximum absolute atomic E-state index is 9.66. The highest BCUT2D eigenvalue weighted by atomic mass is 16.5. The van der Waals surface area contributed by atoms with Gasteiger partial charge in [-0.2, -0.15) is 5.10 Å². The summed E-state index contributed by atoms with van der Waals surface area (Å²) in [5.74, 6) is 0.617. The molecule has 1 N–H and O–H groups in total. The first-order chi connectivity index (χ1) is 8.69. The minimum Gasteiger partial charge on any atom is -0.504 e. The predicted molar refractivity (Wildman–Crippen MR) is 71.3 cm³/mol. The van der Waals surface area contributed by atoms with Crippen LogP contribution in [0.4, 0.5) is 0 Å². The molecule has 1 saturated heterocycles. The highest BCUT2D eigenvalue weighted by Crippen LogP contribution is 2.25. The van der Waals surface area contributed by atoms with Gasteiger partial charge in [-0.1, -0.05) is 0 Å². The number of phenols is 1. The first-order valence-corrected chi connectivity index (χ1v) is 6.03. The second-order valence-electron chi connectivity index (χ2n) is 4.43. The van der Waals surface area contributed by atoms with E-state index < -0.39 is 0 Å². The third-order valence-electron chi connectivity index (χ3n) is 3.05. The third-order valence-corrected chi connectivity index (χ3v) is 3.05. The zero-order valence-corrected chi connectivity index (χ0v) is 10.8. The molecular formula is C13H19N3O2. The zero-order valence-electron chi connectivity index (χ0n) is 10.8. The van der Waals surface area contributed by atoms with Gasteiger partial charge in [-0.15, -0.1) is 0 Å². The van der Waals surface area contributed by atoms with E-state index in [1.165, 1.54) is 7.11 Å². The average molecular weight is 249 g/mol. The molecule has 5 heteroatoms. The monoisotopic (exact) mass is 249 g/mol. The minimum atomic E-state index is 0.139. The molecule has 5 nitrogen and oxygen atoms in total. The van der Waals surface area contributed by atoms with Gasteiger partial charge in [0, 0.05) is 26.2 Å². The molecule has 1 aliphatic rings. The summed E-state index contributed by atoms with van der Waals surface area (Å²) in [7, 11) is 3.65. The number of aromatic hydroxyl groups is 1. The first kappa shape index (κ1) is 12.7. The lowest BCUT2D eigenvalue weighted by Gasteiger charge is -2.30. The highest BCUT2D eigenvalue weighted by Gasteiger charge is 2.10. The highest BCUT2D eigenvalue weighted by molar-refractivity contribution is 5.80. The molecule has 0 radical (unpaired) electrons. The van der Waals surface area contributed by atoms with Gasteiger partial charge in [0.15, 0.2) is 11.5 Å². The van der Waals surface area contributed by atoms with Gasteiger partial charge in [-0.05, 0) is 30.8 Å². The number of piperazine rings is 1. The molecule has 1 aliphatic heterocycles. The molecule has 0 atom stereocenters. The van der Waals surface area contributed by atoms with E-state index in [9.17, 15) is 5.11 Å². The fourth-order valence-corrected chi connectivity index (χ4v) is 1.85. The topological polar surface area (TPSA) is 48.3 Å². The van der Waals surface area contributed by atoms with Crippen LogP contribution in [0, 0.1) is 0 Å². The number of phenolic OH excluding ortho intramolecular Hbond substituents is 1. The fraction of sp³-hybridized carbons (Fsp3) is 0.462. The van der Waals surface area contributed by atoms with Gasteiger partial charge in [0.2, 0.25) is 0 Å². The van der Waals surface area contributed by atoms with Crippen LogP contribution in [0.15, 0.2) is 23.3 Å². The van der Waals surface area contributed by atoms with E-state index in [0.29, 0.717) is 5.75 Å². The molecule has 98 valence electrons. The van der Waals surface area contributed by atoms with Crippen LogP contribution in [0.2, 0.25) is 0 Å². The van der Waals surface area contributed by atoms with E-state index in [0.717, 1.165) is 31.7 Å². The van der Waals surface area contributed by atoms with Crippen LogP contribution < -0.4 is 4.74 Å². The molecule has 0 spiro atoms. The number of benzene rings is 1. The summed E-state index contributed by atoms with van der Waals surface area (Å²) in [5, 5.41) is 16.1. The summed E-state index contributed by atoms with van der Waals surface area (Å²) in [5.41, 5.74) is 0.868. The Kier molecular flexibility index (Phi) is 4.04. The van der Waals surface area contributed by atoms with E-state index in [1.54, 1.807) is 18.3 Å². The van der Waals surface area contributed by atoms with Gasteiger partial charge in [0.1, 0.15) is 0 Å². The minimum absolute atomic E-state index is 0.139. The van der Waals surface area contributed by atoms with Crippen LogP contribution in [0.5, 0.6) is 11.5 Å². The second-order valence-corrected chi connectivity index (χ2v) is 4.43. The third kappa shape index (κ3) is 3.13. The zero-order chi connectivity index (χ0) is 13.0. The molecule has 1 aromatic carbocycles. The number of rotatable bonds is 3. The van der Waals surface area contributed by atoms with Gasteiger partial charge >= 0.3 is 0 Å². The molecular weight excluding hydrogens is 230 g/mol. The molecule has 0 aromatic heterocycles. The smallest absolute Gasteiger partial charge is 0.160 e. The maximum Gasteiger partial charge on any atom is 0.160 e. The number of nitrogens with zero attached hydrogens (tertiary/aromatic N) is 3. The van der Waals surface area contributed by atoms with Crippen molar-refractivity contribution in [3.8, 4) is 11.5 Å². The Balaban J connectivity index is 1.98. The molecule has 1 aromatic rings. The van der Waals surface area contributed by atoms with Crippen LogP contribution >= 0.6 is 0 Å². The van der Waals surface area contributed by atoms with Crippen LogP contribution in [0.1, 0.15) is 5.56 Å². The first-order valence-electron chi connectivity index (χ1n) is 6.03. The Morgan fingerprint density at radius 3 is 2.61 bits per heavy atom. The molecule has 0 amide bonds. The Labute approximate surface area is 107 Å². The normalized spacial score (nSPS) is 17.3. The summed E-state index contributed by atoms with van der Waals surface area (Å²) >= 11 is 0. The van der Waals surface area contributed by atoms with Crippen molar-refractivity contribution in [2.75, 3.05) is 40.3 Å². The molecule has 0 bridgehead atoms. The summed E-state index contributed by atoms with van der Waals surface area (Å²) in [6, 6.07) is 5.26. The lowest BCUT2D eigenvalue weighted by molar-refractivity contribution is 0.159. The van der Waals surface area contributed by atoms with Crippen molar-refractivity contribution in [1.82, 2.24) is 9.91 Å². The molecule has 18 heavy (non-hydrogen) atoms. The lowest BCUT2D eigenvalue weighted by atomic mass is 10.2. The molecule has 0 unspecified atom stereocenters.